The van der Waals surface area contributed by atoms with Crippen molar-refractivity contribution in [3.05, 3.63) is 0 Å². The summed E-state index contributed by atoms with van der Waals surface area (Å²) in [4.78, 5) is 24.3. The van der Waals surface area contributed by atoms with Crippen LogP contribution in [0.5, 0.6) is 0 Å². The minimum Gasteiger partial charge on any atom is -0.481 e. The van der Waals surface area contributed by atoms with Crippen LogP contribution in [-0.2, 0) is 19.7 Å². The summed E-state index contributed by atoms with van der Waals surface area (Å²) in [6.45, 7) is 8.91. The van der Waals surface area contributed by atoms with E-state index in [1.807, 2.05) is 0 Å². The largest absolute Gasteiger partial charge is 0.481 e. The quantitative estimate of drug-likeness (QED) is 0.0711. The maximum atomic E-state index is 12.4. The van der Waals surface area contributed by atoms with Gasteiger partial charge in [-0.1, -0.05) is 143 Å². The van der Waals surface area contributed by atoms with Crippen molar-refractivity contribution in [3.63, 3.8) is 0 Å². The molecule has 0 amide bonds. The Labute approximate surface area is 233 Å². The van der Waals surface area contributed by atoms with Gasteiger partial charge in [0, 0.05) is 0 Å². The molecule has 0 aromatic heterocycles. The highest BCUT2D eigenvalue weighted by Gasteiger charge is 2.55. The van der Waals surface area contributed by atoms with Crippen LogP contribution in [0, 0.1) is 17.3 Å². The van der Waals surface area contributed by atoms with E-state index in [1.165, 1.54) is 51.4 Å². The molecule has 0 aliphatic rings. The molecule has 0 aromatic carbocycles. The zero-order chi connectivity index (χ0) is 29.0. The molecular formula is C30H58O7S. The van der Waals surface area contributed by atoms with Gasteiger partial charge in [0.1, 0.15) is 0 Å². The summed E-state index contributed by atoms with van der Waals surface area (Å²) in [6, 6.07) is 0. The summed E-state index contributed by atoms with van der Waals surface area (Å²) in [6.07, 6.45) is 18.0. The first-order chi connectivity index (χ1) is 17.8. The predicted octanol–water partition coefficient (Wildman–Crippen LogP) is 8.51. The van der Waals surface area contributed by atoms with Gasteiger partial charge in [-0.15, -0.1) is 0 Å². The number of aliphatic carboxylic acids is 2. The van der Waals surface area contributed by atoms with E-state index < -0.39 is 32.7 Å². The molecule has 38 heavy (non-hydrogen) atoms. The minimum atomic E-state index is -5.08. The number of unbranched alkanes of at least 4 members (excludes halogenated alkanes) is 14. The molecular weight excluding hydrogens is 504 g/mol. The molecule has 0 radical (unpaired) electrons. The lowest BCUT2D eigenvalue weighted by molar-refractivity contribution is -0.156. The Hall–Kier alpha value is -1.15. The fraction of sp³-hybridized carbons (Fsp3) is 0.933. The molecule has 7 nitrogen and oxygen atoms in total. The van der Waals surface area contributed by atoms with Crippen LogP contribution in [0.4, 0.5) is 0 Å². The fourth-order valence-corrected chi connectivity index (χ4v) is 6.63. The van der Waals surface area contributed by atoms with Crippen molar-refractivity contribution in [2.24, 2.45) is 17.3 Å². The van der Waals surface area contributed by atoms with Gasteiger partial charge >= 0.3 is 11.9 Å². The Kier molecular flexibility index (Phi) is 20.1. The summed E-state index contributed by atoms with van der Waals surface area (Å²) in [7, 11) is -5.08. The van der Waals surface area contributed by atoms with Crippen molar-refractivity contribution in [3.8, 4) is 0 Å². The first-order valence-corrected chi connectivity index (χ1v) is 16.8. The molecule has 0 aliphatic carbocycles. The molecule has 0 fully saturated rings. The molecule has 0 saturated carbocycles. The second-order valence-electron chi connectivity index (χ2n) is 12.2. The van der Waals surface area contributed by atoms with E-state index in [-0.39, 0.29) is 12.8 Å². The monoisotopic (exact) mass is 562 g/mol. The third-order valence-corrected chi connectivity index (χ3v) is 9.01. The Bertz CT molecular complexity index is 703. The Morgan fingerprint density at radius 3 is 1.11 bits per heavy atom. The number of rotatable bonds is 26. The van der Waals surface area contributed by atoms with E-state index in [1.54, 1.807) is 0 Å². The summed E-state index contributed by atoms with van der Waals surface area (Å²) < 4.78 is 33.8. The SMILES string of the molecule is CC(C)CCCCCCCCCCC(CCCCCCCCCCC(C)C)(C(=O)O)C(C(=O)O)S(=O)(=O)O. The van der Waals surface area contributed by atoms with E-state index in [0.717, 1.165) is 63.2 Å². The smallest absolute Gasteiger partial charge is 0.325 e. The van der Waals surface area contributed by atoms with Crippen LogP contribution >= 0.6 is 0 Å². The van der Waals surface area contributed by atoms with Crippen LogP contribution in [0.1, 0.15) is 156 Å². The molecule has 226 valence electrons. The maximum Gasteiger partial charge on any atom is 0.325 e. The molecule has 0 spiro atoms. The van der Waals surface area contributed by atoms with Gasteiger partial charge < -0.3 is 10.2 Å². The number of hydrogen-bond acceptors (Lipinski definition) is 4. The predicted molar refractivity (Wildman–Crippen MR) is 155 cm³/mol. The maximum absolute atomic E-state index is 12.4. The number of carboxylic acid groups (broad SMARTS) is 2. The van der Waals surface area contributed by atoms with Gasteiger partial charge in [-0.25, -0.2) is 0 Å². The summed E-state index contributed by atoms with van der Waals surface area (Å²) >= 11 is 0. The highest BCUT2D eigenvalue weighted by Crippen LogP contribution is 2.39. The molecule has 0 aromatic rings. The lowest BCUT2D eigenvalue weighted by atomic mass is 9.74. The van der Waals surface area contributed by atoms with Gasteiger partial charge in [0.2, 0.25) is 0 Å². The van der Waals surface area contributed by atoms with Gasteiger partial charge in [0.15, 0.2) is 5.25 Å². The molecule has 8 heteroatoms. The van der Waals surface area contributed by atoms with Gasteiger partial charge in [-0.2, -0.15) is 8.42 Å². The van der Waals surface area contributed by atoms with Crippen LogP contribution in [0.15, 0.2) is 0 Å². The van der Waals surface area contributed by atoms with Crippen LogP contribution in [0.25, 0.3) is 0 Å². The Balaban J connectivity index is 4.78. The van der Waals surface area contributed by atoms with Crippen LogP contribution in [-0.4, -0.2) is 40.4 Å². The van der Waals surface area contributed by atoms with Gasteiger partial charge in [0.05, 0.1) is 5.41 Å². The third-order valence-electron chi connectivity index (χ3n) is 7.76. The molecule has 3 N–H and O–H groups in total. The van der Waals surface area contributed by atoms with Crippen molar-refractivity contribution in [1.29, 1.82) is 0 Å². The standard InChI is InChI=1S/C30H58O7S/c1-25(2)21-17-13-9-5-7-11-15-19-23-30(29(33)34,27(28(31)32)38(35,36)37)24-20-16-12-8-6-10-14-18-22-26(3)4/h25-27H,5-24H2,1-4H3,(H,31,32)(H,33,34)(H,35,36,37). The molecule has 0 saturated heterocycles. The minimum absolute atomic E-state index is 0.0661. The fourth-order valence-electron chi connectivity index (χ4n) is 5.47. The molecule has 1 unspecified atom stereocenters. The van der Waals surface area contributed by atoms with Crippen LogP contribution in [0.3, 0.4) is 0 Å². The zero-order valence-corrected chi connectivity index (χ0v) is 25.6. The Morgan fingerprint density at radius 2 is 0.868 bits per heavy atom. The lowest BCUT2D eigenvalue weighted by Crippen LogP contribution is -2.51. The average molecular weight is 563 g/mol. The lowest BCUT2D eigenvalue weighted by Gasteiger charge is -2.33. The highest BCUT2D eigenvalue weighted by atomic mass is 32.2. The third kappa shape index (κ3) is 16.7. The number of carboxylic acids is 2. The van der Waals surface area contributed by atoms with Gasteiger partial charge in [0.25, 0.3) is 10.1 Å². The molecule has 0 bridgehead atoms. The van der Waals surface area contributed by atoms with Crippen molar-refractivity contribution in [1.82, 2.24) is 0 Å². The summed E-state index contributed by atoms with van der Waals surface area (Å²) in [5, 5.41) is 17.4. The summed E-state index contributed by atoms with van der Waals surface area (Å²) in [5.74, 6) is -1.78. The van der Waals surface area contributed by atoms with Crippen molar-refractivity contribution < 1.29 is 32.8 Å². The zero-order valence-electron chi connectivity index (χ0n) is 24.8. The first kappa shape index (κ1) is 36.8. The normalized spacial score (nSPS) is 13.3. The second-order valence-corrected chi connectivity index (χ2v) is 13.7. The van der Waals surface area contributed by atoms with Crippen LogP contribution < -0.4 is 0 Å². The van der Waals surface area contributed by atoms with Crippen molar-refractivity contribution in [2.45, 2.75) is 161 Å². The molecule has 0 rings (SSSR count). The molecule has 0 aliphatic heterocycles. The summed E-state index contributed by atoms with van der Waals surface area (Å²) in [5.41, 5.74) is -2.02. The van der Waals surface area contributed by atoms with Gasteiger partial charge in [-0.05, 0) is 24.7 Å². The molecule has 0 heterocycles. The second kappa shape index (κ2) is 20.7. The molecule has 1 atom stereocenters. The first-order valence-electron chi connectivity index (χ1n) is 15.3. The highest BCUT2D eigenvalue weighted by molar-refractivity contribution is 7.87. The Morgan fingerprint density at radius 1 is 0.579 bits per heavy atom. The number of carbonyl (C=O) groups is 2. The van der Waals surface area contributed by atoms with Gasteiger partial charge in [-0.3, -0.25) is 14.1 Å². The van der Waals surface area contributed by atoms with Crippen molar-refractivity contribution >= 4 is 22.1 Å². The van der Waals surface area contributed by atoms with Crippen LogP contribution in [0.2, 0.25) is 0 Å². The number of hydrogen-bond donors (Lipinski definition) is 3. The van der Waals surface area contributed by atoms with E-state index >= 15 is 0 Å². The van der Waals surface area contributed by atoms with Crippen molar-refractivity contribution in [2.75, 3.05) is 0 Å². The topological polar surface area (TPSA) is 129 Å². The van der Waals surface area contributed by atoms with E-state index in [9.17, 15) is 32.8 Å². The van der Waals surface area contributed by atoms with E-state index in [2.05, 4.69) is 27.7 Å². The average Bonchev–Trinajstić information content (AvgIpc) is 2.79. The van der Waals surface area contributed by atoms with E-state index in [4.69, 9.17) is 0 Å². The van der Waals surface area contributed by atoms with E-state index in [0.29, 0.717) is 12.8 Å².